The highest BCUT2D eigenvalue weighted by atomic mass is 16.5. The zero-order chi connectivity index (χ0) is 10.6. The highest BCUT2D eigenvalue weighted by Crippen LogP contribution is 2.21. The second-order valence-electron chi connectivity index (χ2n) is 4.84. The minimum atomic E-state index is -0.713. The summed E-state index contributed by atoms with van der Waals surface area (Å²) in [4.78, 5) is 0. The van der Waals surface area contributed by atoms with Gasteiger partial charge in [0, 0.05) is 6.04 Å². The van der Waals surface area contributed by atoms with Gasteiger partial charge in [-0.05, 0) is 33.7 Å². The molecule has 0 aromatic carbocycles. The van der Waals surface area contributed by atoms with Crippen LogP contribution in [0.15, 0.2) is 0 Å². The Balaban J connectivity index is 2.33. The molecule has 0 bridgehead atoms. The van der Waals surface area contributed by atoms with Crippen LogP contribution in [0, 0.1) is 0 Å². The first-order chi connectivity index (χ1) is 6.53. The first-order valence-electron chi connectivity index (χ1n) is 5.54. The Hall–Kier alpha value is -0.120. The molecule has 0 radical (unpaired) electrons. The van der Waals surface area contributed by atoms with E-state index in [1.165, 1.54) is 19.3 Å². The van der Waals surface area contributed by atoms with Gasteiger partial charge in [-0.15, -0.1) is 0 Å². The number of likely N-dealkylation sites (N-methyl/N-ethyl adjacent to an activating group) is 1. The van der Waals surface area contributed by atoms with Crippen molar-refractivity contribution in [2.24, 2.45) is 0 Å². The Morgan fingerprint density at radius 3 is 2.57 bits per heavy atom. The number of nitrogens with one attached hydrogen (secondary N) is 1. The normalized spacial score (nSPS) is 29.1. The van der Waals surface area contributed by atoms with Crippen LogP contribution in [0.4, 0.5) is 0 Å². The minimum Gasteiger partial charge on any atom is -0.388 e. The third-order valence-corrected chi connectivity index (χ3v) is 2.72. The number of hydrogen-bond donors (Lipinski definition) is 2. The molecule has 1 fully saturated rings. The Bertz CT molecular complexity index is 165. The molecule has 1 aliphatic carbocycles. The third kappa shape index (κ3) is 3.95. The van der Waals surface area contributed by atoms with Crippen molar-refractivity contribution in [3.05, 3.63) is 0 Å². The second kappa shape index (κ2) is 5.10. The Morgan fingerprint density at radius 1 is 1.36 bits per heavy atom. The van der Waals surface area contributed by atoms with Gasteiger partial charge in [-0.1, -0.05) is 12.8 Å². The van der Waals surface area contributed by atoms with Crippen molar-refractivity contribution in [3.8, 4) is 0 Å². The monoisotopic (exact) mass is 201 g/mol. The first kappa shape index (κ1) is 12.0. The van der Waals surface area contributed by atoms with Crippen LogP contribution in [-0.2, 0) is 4.74 Å². The standard InChI is InChI=1S/C11H23NO2/c1-11(2,13)8-14-10-7-5-4-6-9(10)12-3/h9-10,12-13H,4-8H2,1-3H3. The zero-order valence-electron chi connectivity index (χ0n) is 9.55. The molecule has 0 aromatic rings. The molecule has 3 nitrogen and oxygen atoms in total. The fraction of sp³-hybridized carbons (Fsp3) is 1.00. The van der Waals surface area contributed by atoms with Gasteiger partial charge in [0.05, 0.1) is 18.3 Å². The largest absolute Gasteiger partial charge is 0.388 e. The van der Waals surface area contributed by atoms with Crippen LogP contribution in [0.5, 0.6) is 0 Å². The van der Waals surface area contributed by atoms with Crippen LogP contribution in [0.3, 0.4) is 0 Å². The molecular formula is C11H23NO2. The molecule has 3 heteroatoms. The fourth-order valence-corrected chi connectivity index (χ4v) is 1.94. The van der Waals surface area contributed by atoms with Crippen molar-refractivity contribution < 1.29 is 9.84 Å². The Labute approximate surface area is 86.8 Å². The molecule has 0 heterocycles. The summed E-state index contributed by atoms with van der Waals surface area (Å²) >= 11 is 0. The van der Waals surface area contributed by atoms with E-state index in [0.29, 0.717) is 12.6 Å². The SMILES string of the molecule is CNC1CCCCC1OCC(C)(C)O. The number of rotatable bonds is 4. The van der Waals surface area contributed by atoms with Crippen LogP contribution in [0.1, 0.15) is 39.5 Å². The second-order valence-corrected chi connectivity index (χ2v) is 4.84. The molecule has 0 aromatic heterocycles. The van der Waals surface area contributed by atoms with Crippen molar-refractivity contribution >= 4 is 0 Å². The zero-order valence-corrected chi connectivity index (χ0v) is 9.55. The molecule has 1 rings (SSSR count). The smallest absolute Gasteiger partial charge is 0.0824 e. The Morgan fingerprint density at radius 2 is 2.00 bits per heavy atom. The molecule has 0 spiro atoms. The summed E-state index contributed by atoms with van der Waals surface area (Å²) in [5.41, 5.74) is -0.713. The van der Waals surface area contributed by atoms with Crippen LogP contribution in [0.2, 0.25) is 0 Å². The topological polar surface area (TPSA) is 41.5 Å². The average molecular weight is 201 g/mol. The van der Waals surface area contributed by atoms with Gasteiger partial charge >= 0.3 is 0 Å². The van der Waals surface area contributed by atoms with E-state index in [0.717, 1.165) is 6.42 Å². The van der Waals surface area contributed by atoms with Gasteiger partial charge in [0.2, 0.25) is 0 Å². The maximum atomic E-state index is 9.56. The molecule has 2 atom stereocenters. The maximum Gasteiger partial charge on any atom is 0.0824 e. The molecule has 0 saturated heterocycles. The van der Waals surface area contributed by atoms with Gasteiger partial charge in [0.1, 0.15) is 0 Å². The lowest BCUT2D eigenvalue weighted by molar-refractivity contribution is -0.0716. The van der Waals surface area contributed by atoms with E-state index >= 15 is 0 Å². The van der Waals surface area contributed by atoms with E-state index in [1.54, 1.807) is 13.8 Å². The molecule has 0 amide bonds. The predicted octanol–water partition coefficient (Wildman–Crippen LogP) is 1.30. The van der Waals surface area contributed by atoms with Crippen LogP contribution in [0.25, 0.3) is 0 Å². The quantitative estimate of drug-likeness (QED) is 0.720. The molecule has 2 unspecified atom stereocenters. The van der Waals surface area contributed by atoms with Gasteiger partial charge in [0.15, 0.2) is 0 Å². The number of hydrogen-bond acceptors (Lipinski definition) is 3. The van der Waals surface area contributed by atoms with Crippen LogP contribution in [-0.4, -0.2) is 36.5 Å². The van der Waals surface area contributed by atoms with E-state index in [2.05, 4.69) is 5.32 Å². The first-order valence-corrected chi connectivity index (χ1v) is 5.54. The maximum absolute atomic E-state index is 9.56. The summed E-state index contributed by atoms with van der Waals surface area (Å²) in [5, 5.41) is 12.8. The van der Waals surface area contributed by atoms with E-state index in [-0.39, 0.29) is 6.10 Å². The Kier molecular flexibility index (Phi) is 4.35. The summed E-state index contributed by atoms with van der Waals surface area (Å²) in [6.45, 7) is 3.99. The van der Waals surface area contributed by atoms with E-state index in [1.807, 2.05) is 7.05 Å². The number of aliphatic hydroxyl groups is 1. The van der Waals surface area contributed by atoms with Crippen LogP contribution >= 0.6 is 0 Å². The summed E-state index contributed by atoms with van der Waals surface area (Å²) in [7, 11) is 1.98. The molecule has 0 aliphatic heterocycles. The van der Waals surface area contributed by atoms with Crippen molar-refractivity contribution in [3.63, 3.8) is 0 Å². The number of ether oxygens (including phenoxy) is 1. The van der Waals surface area contributed by atoms with Crippen LogP contribution < -0.4 is 5.32 Å². The van der Waals surface area contributed by atoms with Crippen molar-refractivity contribution in [2.45, 2.75) is 57.3 Å². The molecule has 1 saturated carbocycles. The highest BCUT2D eigenvalue weighted by Gasteiger charge is 2.26. The van der Waals surface area contributed by atoms with E-state index in [4.69, 9.17) is 4.74 Å². The highest BCUT2D eigenvalue weighted by molar-refractivity contribution is 4.81. The lowest BCUT2D eigenvalue weighted by Gasteiger charge is -2.33. The van der Waals surface area contributed by atoms with E-state index in [9.17, 15) is 5.11 Å². The predicted molar refractivity (Wildman–Crippen MR) is 57.4 cm³/mol. The fourth-order valence-electron chi connectivity index (χ4n) is 1.94. The third-order valence-electron chi connectivity index (χ3n) is 2.72. The molecule has 2 N–H and O–H groups in total. The summed E-state index contributed by atoms with van der Waals surface area (Å²) in [5.74, 6) is 0. The molecular weight excluding hydrogens is 178 g/mol. The lowest BCUT2D eigenvalue weighted by atomic mass is 9.92. The van der Waals surface area contributed by atoms with Gasteiger partial charge in [0.25, 0.3) is 0 Å². The molecule has 1 aliphatic rings. The van der Waals surface area contributed by atoms with Gasteiger partial charge in [-0.3, -0.25) is 0 Å². The van der Waals surface area contributed by atoms with Gasteiger partial charge in [-0.25, -0.2) is 0 Å². The summed E-state index contributed by atoms with van der Waals surface area (Å²) in [6.07, 6.45) is 5.11. The van der Waals surface area contributed by atoms with Gasteiger partial charge < -0.3 is 15.2 Å². The van der Waals surface area contributed by atoms with Crippen molar-refractivity contribution in [2.75, 3.05) is 13.7 Å². The molecule has 14 heavy (non-hydrogen) atoms. The van der Waals surface area contributed by atoms with Crippen molar-refractivity contribution in [1.82, 2.24) is 5.32 Å². The average Bonchev–Trinajstić information content (AvgIpc) is 2.14. The summed E-state index contributed by atoms with van der Waals surface area (Å²) < 4.78 is 5.74. The minimum absolute atomic E-state index is 0.278. The lowest BCUT2D eigenvalue weighted by Crippen LogP contribution is -2.43. The summed E-state index contributed by atoms with van der Waals surface area (Å²) in [6, 6.07) is 0.464. The molecule has 84 valence electrons. The van der Waals surface area contributed by atoms with Crippen molar-refractivity contribution in [1.29, 1.82) is 0 Å². The van der Waals surface area contributed by atoms with Gasteiger partial charge in [-0.2, -0.15) is 0 Å². The van der Waals surface area contributed by atoms with E-state index < -0.39 is 5.60 Å².